The molecule has 0 saturated carbocycles. The minimum absolute atomic E-state index is 0.395. The van der Waals surface area contributed by atoms with Crippen LogP contribution >= 0.6 is 0 Å². The molecule has 21 heavy (non-hydrogen) atoms. The minimum Gasteiger partial charge on any atom is -0.449 e. The molecule has 0 amide bonds. The normalized spacial score (nSPS) is 19.5. The fraction of sp³-hybridized carbons (Fsp3) is 0.500. The number of piperidine rings is 1. The molecule has 2 aromatic rings. The highest BCUT2D eigenvalue weighted by atomic mass is 16.3. The van der Waals surface area contributed by atoms with Crippen LogP contribution in [0.1, 0.15) is 30.2 Å². The van der Waals surface area contributed by atoms with Gasteiger partial charge in [0.25, 0.3) is 0 Å². The number of rotatable bonds is 4. The van der Waals surface area contributed by atoms with E-state index < -0.39 is 0 Å². The van der Waals surface area contributed by atoms with Crippen molar-refractivity contribution in [3.63, 3.8) is 0 Å². The van der Waals surface area contributed by atoms with Gasteiger partial charge in [-0.05, 0) is 37.4 Å². The zero-order valence-corrected chi connectivity index (χ0v) is 12.3. The van der Waals surface area contributed by atoms with Crippen molar-refractivity contribution < 1.29 is 4.42 Å². The Bertz CT molecular complexity index is 637. The van der Waals surface area contributed by atoms with E-state index in [0.29, 0.717) is 11.7 Å². The maximum absolute atomic E-state index is 8.80. The van der Waals surface area contributed by atoms with Gasteiger partial charge in [-0.15, -0.1) is 0 Å². The average Bonchev–Trinajstić information content (AvgIpc) is 3.09. The van der Waals surface area contributed by atoms with E-state index in [0.717, 1.165) is 37.6 Å². The molecule has 0 N–H and O–H groups in total. The van der Waals surface area contributed by atoms with Gasteiger partial charge >= 0.3 is 0 Å². The highest BCUT2D eigenvalue weighted by Crippen LogP contribution is 2.22. The van der Waals surface area contributed by atoms with Gasteiger partial charge in [0.05, 0.1) is 6.54 Å². The lowest BCUT2D eigenvalue weighted by atomic mass is 9.94. The molecule has 5 heteroatoms. The maximum atomic E-state index is 8.80. The molecule has 0 radical (unpaired) electrons. The van der Waals surface area contributed by atoms with Gasteiger partial charge < -0.3 is 8.98 Å². The van der Waals surface area contributed by atoms with Gasteiger partial charge in [-0.1, -0.05) is 0 Å². The smallest absolute Gasteiger partial charge is 0.203 e. The third-order valence-corrected chi connectivity index (χ3v) is 4.15. The number of aromatic nitrogens is 2. The Hall–Kier alpha value is -2.06. The van der Waals surface area contributed by atoms with Gasteiger partial charge in [0.1, 0.15) is 17.7 Å². The molecule has 3 heterocycles. The zero-order chi connectivity index (χ0) is 14.7. The summed E-state index contributed by atoms with van der Waals surface area (Å²) in [5.74, 6) is 3.08. The second-order valence-corrected chi connectivity index (χ2v) is 5.78. The van der Waals surface area contributed by atoms with E-state index >= 15 is 0 Å². The molecule has 1 unspecified atom stereocenters. The minimum atomic E-state index is 0.395. The SMILES string of the molecule is Cn1ccnc1CC1CCCN(Cc2ccc(C#N)o2)C1. The van der Waals surface area contributed by atoms with Crippen LogP contribution in [0, 0.1) is 17.2 Å². The molecular formula is C16H20N4O. The molecule has 0 aliphatic carbocycles. The monoisotopic (exact) mass is 284 g/mol. The Morgan fingerprint density at radius 2 is 2.38 bits per heavy atom. The molecule has 0 aromatic carbocycles. The molecule has 3 rings (SSSR count). The quantitative estimate of drug-likeness (QED) is 0.864. The zero-order valence-electron chi connectivity index (χ0n) is 12.3. The molecule has 1 saturated heterocycles. The first-order chi connectivity index (χ1) is 10.2. The van der Waals surface area contributed by atoms with Crippen LogP contribution in [0.4, 0.5) is 0 Å². The molecular weight excluding hydrogens is 264 g/mol. The van der Waals surface area contributed by atoms with Gasteiger partial charge in [0, 0.05) is 32.4 Å². The van der Waals surface area contributed by atoms with Crippen LogP contribution in [0.25, 0.3) is 0 Å². The summed E-state index contributed by atoms with van der Waals surface area (Å²) in [6.07, 6.45) is 7.36. The molecule has 1 atom stereocenters. The predicted octanol–water partition coefficient (Wildman–Crippen LogP) is 2.34. The average molecular weight is 284 g/mol. The number of hydrogen-bond acceptors (Lipinski definition) is 4. The van der Waals surface area contributed by atoms with Crippen LogP contribution < -0.4 is 0 Å². The number of aryl methyl sites for hydroxylation is 1. The fourth-order valence-electron chi connectivity index (χ4n) is 3.06. The number of nitrogens with zero attached hydrogens (tertiary/aromatic N) is 4. The van der Waals surface area contributed by atoms with Crippen molar-refractivity contribution in [2.75, 3.05) is 13.1 Å². The summed E-state index contributed by atoms with van der Waals surface area (Å²) in [6.45, 7) is 2.95. The third kappa shape index (κ3) is 3.34. The number of hydrogen-bond donors (Lipinski definition) is 0. The highest BCUT2D eigenvalue weighted by molar-refractivity contribution is 5.19. The Balaban J connectivity index is 1.58. The van der Waals surface area contributed by atoms with E-state index in [1.807, 2.05) is 24.5 Å². The lowest BCUT2D eigenvalue weighted by molar-refractivity contribution is 0.155. The molecule has 110 valence electrons. The number of imidazole rings is 1. The highest BCUT2D eigenvalue weighted by Gasteiger charge is 2.22. The summed E-state index contributed by atoms with van der Waals surface area (Å²) in [7, 11) is 2.05. The lowest BCUT2D eigenvalue weighted by Crippen LogP contribution is -2.36. The fourth-order valence-corrected chi connectivity index (χ4v) is 3.06. The van der Waals surface area contributed by atoms with E-state index in [4.69, 9.17) is 9.68 Å². The molecule has 1 aliphatic rings. The van der Waals surface area contributed by atoms with Gasteiger partial charge in [-0.25, -0.2) is 4.98 Å². The van der Waals surface area contributed by atoms with Crippen LogP contribution in [0.5, 0.6) is 0 Å². The first kappa shape index (κ1) is 13.9. The van der Waals surface area contributed by atoms with Crippen molar-refractivity contribution in [1.29, 1.82) is 5.26 Å². The second kappa shape index (κ2) is 6.15. The van der Waals surface area contributed by atoms with Crippen molar-refractivity contribution in [2.45, 2.75) is 25.8 Å². The van der Waals surface area contributed by atoms with Crippen LogP contribution in [-0.2, 0) is 20.0 Å². The predicted molar refractivity (Wildman–Crippen MR) is 78.3 cm³/mol. The molecule has 0 spiro atoms. The van der Waals surface area contributed by atoms with Crippen LogP contribution in [0.15, 0.2) is 28.9 Å². The van der Waals surface area contributed by atoms with Crippen molar-refractivity contribution >= 4 is 0 Å². The van der Waals surface area contributed by atoms with Gasteiger partial charge in [0.2, 0.25) is 5.76 Å². The van der Waals surface area contributed by atoms with Crippen molar-refractivity contribution in [2.24, 2.45) is 13.0 Å². The number of furan rings is 1. The van der Waals surface area contributed by atoms with Crippen LogP contribution in [-0.4, -0.2) is 27.5 Å². The Labute approximate surface area is 124 Å². The molecule has 2 aromatic heterocycles. The Kier molecular flexibility index (Phi) is 4.07. The van der Waals surface area contributed by atoms with E-state index in [-0.39, 0.29) is 0 Å². The van der Waals surface area contributed by atoms with Crippen molar-refractivity contribution in [3.05, 3.63) is 41.9 Å². The molecule has 1 aliphatic heterocycles. The van der Waals surface area contributed by atoms with E-state index in [2.05, 4.69) is 21.5 Å². The summed E-state index contributed by atoms with van der Waals surface area (Å²) in [4.78, 5) is 6.84. The third-order valence-electron chi connectivity index (χ3n) is 4.15. The topological polar surface area (TPSA) is 58.0 Å². The van der Waals surface area contributed by atoms with E-state index in [1.54, 1.807) is 6.07 Å². The maximum Gasteiger partial charge on any atom is 0.203 e. The van der Waals surface area contributed by atoms with E-state index in [1.165, 1.54) is 12.8 Å². The summed E-state index contributed by atoms with van der Waals surface area (Å²) >= 11 is 0. The van der Waals surface area contributed by atoms with Crippen molar-refractivity contribution in [1.82, 2.24) is 14.5 Å². The Morgan fingerprint density at radius 1 is 1.48 bits per heavy atom. The van der Waals surface area contributed by atoms with Crippen molar-refractivity contribution in [3.8, 4) is 6.07 Å². The summed E-state index contributed by atoms with van der Waals surface area (Å²) in [5, 5.41) is 8.80. The van der Waals surface area contributed by atoms with Crippen LogP contribution in [0.2, 0.25) is 0 Å². The van der Waals surface area contributed by atoms with Crippen LogP contribution in [0.3, 0.4) is 0 Å². The summed E-state index contributed by atoms with van der Waals surface area (Å²) < 4.78 is 7.58. The largest absolute Gasteiger partial charge is 0.449 e. The standard InChI is InChI=1S/C16H20N4O/c1-19-8-6-18-16(19)9-13-3-2-7-20(11-13)12-15-5-4-14(10-17)21-15/h4-6,8,13H,2-3,7,9,11-12H2,1H3. The first-order valence-electron chi connectivity index (χ1n) is 7.42. The first-order valence-corrected chi connectivity index (χ1v) is 7.42. The molecule has 5 nitrogen and oxygen atoms in total. The second-order valence-electron chi connectivity index (χ2n) is 5.78. The summed E-state index contributed by atoms with van der Waals surface area (Å²) in [6, 6.07) is 5.68. The molecule has 1 fully saturated rings. The van der Waals surface area contributed by atoms with E-state index in [9.17, 15) is 0 Å². The molecule has 0 bridgehead atoms. The van der Waals surface area contributed by atoms with Gasteiger partial charge in [-0.3, -0.25) is 4.90 Å². The van der Waals surface area contributed by atoms with Gasteiger partial charge in [-0.2, -0.15) is 5.26 Å². The lowest BCUT2D eigenvalue weighted by Gasteiger charge is -2.32. The number of likely N-dealkylation sites (tertiary alicyclic amines) is 1. The summed E-state index contributed by atoms with van der Waals surface area (Å²) in [5.41, 5.74) is 0. The number of nitriles is 1. The van der Waals surface area contributed by atoms with Gasteiger partial charge in [0.15, 0.2) is 0 Å². The Morgan fingerprint density at radius 3 is 3.10 bits per heavy atom.